The third-order valence-electron chi connectivity index (χ3n) is 6.12. The van der Waals surface area contributed by atoms with Gasteiger partial charge in [-0.2, -0.15) is 0 Å². The molecule has 0 saturated carbocycles. The van der Waals surface area contributed by atoms with E-state index in [2.05, 4.69) is 41.3 Å². The Morgan fingerprint density at radius 2 is 1.72 bits per heavy atom. The molecule has 5 rings (SSSR count). The molecular weight excluding hydrogens is 418 g/mol. The number of pyridine rings is 1. The Morgan fingerprint density at radius 1 is 1.00 bits per heavy atom. The Labute approximate surface area is 193 Å². The topological polar surface area (TPSA) is 36.4 Å². The summed E-state index contributed by atoms with van der Waals surface area (Å²) in [7, 11) is 0. The number of benzene rings is 3. The number of halogens is 1. The van der Waals surface area contributed by atoms with Crippen molar-refractivity contribution in [3.8, 4) is 0 Å². The molecule has 1 aliphatic rings. The Morgan fingerprint density at radius 3 is 2.47 bits per heavy atom. The number of carbonyl (C=O) groups excluding carboxylic acids is 1. The summed E-state index contributed by atoms with van der Waals surface area (Å²) in [4.78, 5) is 20.0. The summed E-state index contributed by atoms with van der Waals surface area (Å²) >= 11 is 6.49. The molecule has 0 N–H and O–H groups in total. The first-order valence-electron chi connectivity index (χ1n) is 10.9. The van der Waals surface area contributed by atoms with E-state index in [1.54, 1.807) is 12.1 Å². The molecule has 1 amide bonds. The van der Waals surface area contributed by atoms with E-state index >= 15 is 0 Å². The smallest absolute Gasteiger partial charge is 0.272 e. The first-order valence-corrected chi connectivity index (χ1v) is 11.2. The van der Waals surface area contributed by atoms with E-state index in [0.29, 0.717) is 17.2 Å². The number of hydrogen-bond donors (Lipinski definition) is 0. The van der Waals surface area contributed by atoms with Crippen LogP contribution >= 0.6 is 11.8 Å². The van der Waals surface area contributed by atoms with Crippen molar-refractivity contribution in [1.29, 1.82) is 0 Å². The van der Waals surface area contributed by atoms with E-state index in [4.69, 9.17) is 16.8 Å². The highest BCUT2D eigenvalue weighted by Gasteiger charge is 2.26. The Bertz CT molecular complexity index is 1260. The maximum absolute atomic E-state index is 12.8. The zero-order valence-electron chi connectivity index (χ0n) is 17.9. The van der Waals surface area contributed by atoms with E-state index < -0.39 is 0 Å². The number of rotatable bonds is 4. The summed E-state index contributed by atoms with van der Waals surface area (Å²) in [6.07, 6.45) is 1.11. The molecule has 1 aliphatic heterocycles. The van der Waals surface area contributed by atoms with E-state index in [1.807, 2.05) is 43.3 Å². The second kappa shape index (κ2) is 8.64. The lowest BCUT2D eigenvalue weighted by Crippen LogP contribution is -2.21. The van der Waals surface area contributed by atoms with Crippen LogP contribution in [0.3, 0.4) is 0 Å². The molecule has 1 atom stereocenters. The van der Waals surface area contributed by atoms with Crippen LogP contribution in [0.25, 0.3) is 10.9 Å². The summed E-state index contributed by atoms with van der Waals surface area (Å²) in [5, 5.41) is 1.01. The maximum atomic E-state index is 12.8. The first kappa shape index (κ1) is 20.5. The molecule has 2 heterocycles. The van der Waals surface area contributed by atoms with Gasteiger partial charge in [0.15, 0.2) is 0 Å². The number of anilines is 2. The SMILES string of the molecule is Cc1cc(N2CCC(c3ccccc3)C2)c2cc(N(Cl)C(=O)c3ccccc3)ccc2n1. The average Bonchev–Trinajstić information content (AvgIpc) is 3.34. The van der Waals surface area contributed by atoms with Crippen LogP contribution < -0.4 is 9.32 Å². The predicted molar refractivity (Wildman–Crippen MR) is 132 cm³/mol. The highest BCUT2D eigenvalue weighted by Crippen LogP contribution is 2.36. The van der Waals surface area contributed by atoms with Crippen LogP contribution in [0, 0.1) is 6.92 Å². The predicted octanol–water partition coefficient (Wildman–Crippen LogP) is 6.34. The lowest BCUT2D eigenvalue weighted by molar-refractivity contribution is 0.101. The van der Waals surface area contributed by atoms with Gasteiger partial charge in [-0.1, -0.05) is 48.5 Å². The van der Waals surface area contributed by atoms with Crippen LogP contribution in [0.1, 0.15) is 34.0 Å². The minimum atomic E-state index is -0.251. The van der Waals surface area contributed by atoms with Crippen molar-refractivity contribution in [1.82, 2.24) is 4.98 Å². The van der Waals surface area contributed by atoms with Crippen molar-refractivity contribution in [3.05, 3.63) is 102 Å². The number of nitrogens with zero attached hydrogens (tertiary/aromatic N) is 3. The van der Waals surface area contributed by atoms with Crippen LogP contribution in [-0.2, 0) is 0 Å². The molecule has 4 nitrogen and oxygen atoms in total. The van der Waals surface area contributed by atoms with E-state index in [-0.39, 0.29) is 5.91 Å². The number of aromatic nitrogens is 1. The molecular formula is C27H24ClN3O. The minimum Gasteiger partial charge on any atom is -0.370 e. The number of amides is 1. The molecule has 1 fully saturated rings. The van der Waals surface area contributed by atoms with E-state index in [1.165, 1.54) is 9.98 Å². The molecule has 0 aliphatic carbocycles. The molecule has 1 aromatic heterocycles. The molecule has 32 heavy (non-hydrogen) atoms. The molecule has 5 heteroatoms. The van der Waals surface area contributed by atoms with Crippen LogP contribution in [-0.4, -0.2) is 24.0 Å². The van der Waals surface area contributed by atoms with Crippen LogP contribution in [0.4, 0.5) is 11.4 Å². The van der Waals surface area contributed by atoms with Crippen molar-refractivity contribution < 1.29 is 4.79 Å². The van der Waals surface area contributed by atoms with Crippen LogP contribution in [0.2, 0.25) is 0 Å². The highest BCUT2D eigenvalue weighted by molar-refractivity contribution is 6.39. The largest absolute Gasteiger partial charge is 0.370 e. The molecule has 0 bridgehead atoms. The third-order valence-corrected chi connectivity index (χ3v) is 6.47. The highest BCUT2D eigenvalue weighted by atomic mass is 35.5. The van der Waals surface area contributed by atoms with Gasteiger partial charge in [0.2, 0.25) is 0 Å². The van der Waals surface area contributed by atoms with Gasteiger partial charge in [-0.3, -0.25) is 9.78 Å². The van der Waals surface area contributed by atoms with Crippen molar-refractivity contribution in [2.45, 2.75) is 19.3 Å². The van der Waals surface area contributed by atoms with Gasteiger partial charge in [-0.05, 0) is 55.3 Å². The average molecular weight is 442 g/mol. The summed E-state index contributed by atoms with van der Waals surface area (Å²) in [5.41, 5.74) is 5.60. The summed E-state index contributed by atoms with van der Waals surface area (Å²) < 4.78 is 1.19. The van der Waals surface area contributed by atoms with E-state index in [0.717, 1.165) is 41.8 Å². The summed E-state index contributed by atoms with van der Waals surface area (Å²) in [5.74, 6) is 0.255. The molecule has 3 aromatic carbocycles. The molecule has 1 unspecified atom stereocenters. The third kappa shape index (κ3) is 3.94. The number of fused-ring (bicyclic) bond motifs is 1. The molecule has 0 radical (unpaired) electrons. The Kier molecular flexibility index (Phi) is 5.54. The van der Waals surface area contributed by atoms with E-state index in [9.17, 15) is 4.79 Å². The summed E-state index contributed by atoms with van der Waals surface area (Å²) in [6.45, 7) is 3.96. The second-order valence-corrected chi connectivity index (χ2v) is 8.62. The van der Waals surface area contributed by atoms with Gasteiger partial charge in [0.25, 0.3) is 5.91 Å². The number of aryl methyl sites for hydroxylation is 1. The van der Waals surface area contributed by atoms with Gasteiger partial charge in [0.05, 0.1) is 11.2 Å². The van der Waals surface area contributed by atoms with Crippen molar-refractivity contribution >= 4 is 40.0 Å². The van der Waals surface area contributed by atoms with Crippen molar-refractivity contribution in [2.24, 2.45) is 0 Å². The van der Waals surface area contributed by atoms with Crippen LogP contribution in [0.15, 0.2) is 84.9 Å². The fourth-order valence-corrected chi connectivity index (χ4v) is 4.70. The monoisotopic (exact) mass is 441 g/mol. The maximum Gasteiger partial charge on any atom is 0.272 e. The normalized spacial score (nSPS) is 15.8. The molecule has 4 aromatic rings. The number of hydrogen-bond acceptors (Lipinski definition) is 3. The quantitative estimate of drug-likeness (QED) is 0.347. The lowest BCUT2D eigenvalue weighted by Gasteiger charge is -2.22. The van der Waals surface area contributed by atoms with Gasteiger partial charge in [-0.15, -0.1) is 0 Å². The fourth-order valence-electron chi connectivity index (χ4n) is 4.50. The van der Waals surface area contributed by atoms with Gasteiger partial charge < -0.3 is 4.90 Å². The first-order chi connectivity index (χ1) is 15.6. The number of carbonyl (C=O) groups is 1. The van der Waals surface area contributed by atoms with Gasteiger partial charge in [0, 0.05) is 53.1 Å². The Balaban J connectivity index is 1.49. The van der Waals surface area contributed by atoms with Crippen LogP contribution in [0.5, 0.6) is 0 Å². The molecule has 0 spiro atoms. The van der Waals surface area contributed by atoms with Crippen molar-refractivity contribution in [2.75, 3.05) is 22.4 Å². The second-order valence-electron chi connectivity index (χ2n) is 8.28. The standard InChI is InChI=1S/C27H24ClN3O/c1-19-16-26(30-15-14-22(18-30)20-8-4-2-5-9-20)24-17-23(12-13-25(24)29-19)31(28)27(32)21-10-6-3-7-11-21/h2-13,16-17,22H,14-15,18H2,1H3. The van der Waals surface area contributed by atoms with Gasteiger partial charge >= 0.3 is 0 Å². The van der Waals surface area contributed by atoms with Gasteiger partial charge in [0.1, 0.15) is 0 Å². The zero-order valence-corrected chi connectivity index (χ0v) is 18.7. The fraction of sp³-hybridized carbons (Fsp3) is 0.185. The molecule has 1 saturated heterocycles. The molecule has 160 valence electrons. The summed E-state index contributed by atoms with van der Waals surface area (Å²) in [6, 6.07) is 27.7. The minimum absolute atomic E-state index is 0.251. The lowest BCUT2D eigenvalue weighted by atomic mass is 9.99. The van der Waals surface area contributed by atoms with Crippen molar-refractivity contribution in [3.63, 3.8) is 0 Å². The zero-order chi connectivity index (χ0) is 22.1. The Hall–Kier alpha value is -3.37. The van der Waals surface area contributed by atoms with Gasteiger partial charge in [-0.25, -0.2) is 4.42 Å².